The standard InChI is InChI=1S/C20H18N2O4S/c23-19-17-9-5-4-8-16(17)18(12-21-14-10-11-27(25,26)13-14)20(24)22(19)15-6-2-1-3-7-15/h1-9,12,14,24H,10-11,13H2/t14-/m1/s1. The van der Waals surface area contributed by atoms with Gasteiger partial charge >= 0.3 is 0 Å². The third kappa shape index (κ3) is 3.26. The number of rotatable bonds is 3. The number of nitrogens with zero attached hydrogens (tertiary/aromatic N) is 2. The molecule has 1 N–H and O–H groups in total. The fourth-order valence-corrected chi connectivity index (χ4v) is 5.02. The number of hydrogen-bond donors (Lipinski definition) is 1. The molecule has 1 aliphatic heterocycles. The van der Waals surface area contributed by atoms with E-state index in [1.165, 1.54) is 10.8 Å². The van der Waals surface area contributed by atoms with E-state index in [4.69, 9.17) is 0 Å². The van der Waals surface area contributed by atoms with Crippen LogP contribution in [0, 0.1) is 0 Å². The van der Waals surface area contributed by atoms with Crippen LogP contribution in [0.4, 0.5) is 0 Å². The Labute approximate surface area is 156 Å². The van der Waals surface area contributed by atoms with E-state index in [9.17, 15) is 18.3 Å². The first-order valence-corrected chi connectivity index (χ1v) is 10.4. The average molecular weight is 382 g/mol. The van der Waals surface area contributed by atoms with Crippen LogP contribution < -0.4 is 5.56 Å². The number of fused-ring (bicyclic) bond motifs is 1. The highest BCUT2D eigenvalue weighted by atomic mass is 32.2. The van der Waals surface area contributed by atoms with Gasteiger partial charge in [0.1, 0.15) is 0 Å². The number of aromatic hydroxyl groups is 1. The number of sulfone groups is 1. The lowest BCUT2D eigenvalue weighted by Crippen LogP contribution is -2.20. The number of aromatic nitrogens is 1. The molecule has 6 nitrogen and oxygen atoms in total. The number of para-hydroxylation sites is 1. The molecule has 4 rings (SSSR count). The number of benzene rings is 2. The van der Waals surface area contributed by atoms with Crippen LogP contribution in [0.1, 0.15) is 12.0 Å². The molecule has 3 aromatic rings. The number of hydrogen-bond acceptors (Lipinski definition) is 5. The van der Waals surface area contributed by atoms with Crippen molar-refractivity contribution in [2.24, 2.45) is 4.99 Å². The van der Waals surface area contributed by atoms with Gasteiger partial charge in [-0.3, -0.25) is 9.79 Å². The van der Waals surface area contributed by atoms with Gasteiger partial charge in [-0.2, -0.15) is 0 Å². The minimum atomic E-state index is -3.04. The Morgan fingerprint density at radius 3 is 2.37 bits per heavy atom. The second kappa shape index (κ2) is 6.66. The molecule has 0 spiro atoms. The highest BCUT2D eigenvalue weighted by Crippen LogP contribution is 2.26. The number of pyridine rings is 1. The Morgan fingerprint density at radius 2 is 1.70 bits per heavy atom. The van der Waals surface area contributed by atoms with Gasteiger partial charge < -0.3 is 5.11 Å². The maximum atomic E-state index is 12.9. The van der Waals surface area contributed by atoms with Gasteiger partial charge in [-0.1, -0.05) is 36.4 Å². The van der Waals surface area contributed by atoms with Crippen LogP contribution in [0.15, 0.2) is 64.4 Å². The molecule has 2 aromatic carbocycles. The van der Waals surface area contributed by atoms with Crippen molar-refractivity contribution < 1.29 is 13.5 Å². The Hall–Kier alpha value is -2.93. The zero-order chi connectivity index (χ0) is 19.0. The van der Waals surface area contributed by atoms with Gasteiger partial charge in [0.25, 0.3) is 5.56 Å². The van der Waals surface area contributed by atoms with Gasteiger partial charge in [0.2, 0.25) is 5.88 Å². The molecule has 1 atom stereocenters. The smallest absolute Gasteiger partial charge is 0.265 e. The van der Waals surface area contributed by atoms with Crippen molar-refractivity contribution in [1.82, 2.24) is 4.57 Å². The van der Waals surface area contributed by atoms with Gasteiger partial charge in [0.05, 0.1) is 28.8 Å². The van der Waals surface area contributed by atoms with Crippen LogP contribution in [-0.4, -0.2) is 41.9 Å². The van der Waals surface area contributed by atoms with Crippen LogP contribution in [0.2, 0.25) is 0 Å². The molecule has 1 saturated heterocycles. The molecule has 0 radical (unpaired) electrons. The van der Waals surface area contributed by atoms with Crippen molar-refractivity contribution in [3.8, 4) is 11.6 Å². The van der Waals surface area contributed by atoms with Crippen molar-refractivity contribution in [3.05, 3.63) is 70.5 Å². The van der Waals surface area contributed by atoms with E-state index >= 15 is 0 Å². The lowest BCUT2D eigenvalue weighted by atomic mass is 10.1. The molecule has 27 heavy (non-hydrogen) atoms. The van der Waals surface area contributed by atoms with Gasteiger partial charge in [-0.15, -0.1) is 0 Å². The zero-order valence-corrected chi connectivity index (χ0v) is 15.3. The van der Waals surface area contributed by atoms with E-state index in [2.05, 4.69) is 4.99 Å². The predicted molar refractivity (Wildman–Crippen MR) is 106 cm³/mol. The Balaban J connectivity index is 1.91. The monoisotopic (exact) mass is 382 g/mol. The van der Waals surface area contributed by atoms with E-state index in [-0.39, 0.29) is 29.0 Å². The van der Waals surface area contributed by atoms with Crippen molar-refractivity contribution in [2.45, 2.75) is 12.5 Å². The van der Waals surface area contributed by atoms with E-state index in [0.29, 0.717) is 28.4 Å². The largest absolute Gasteiger partial charge is 0.494 e. The fraction of sp³-hybridized carbons (Fsp3) is 0.200. The predicted octanol–water partition coefficient (Wildman–Crippen LogP) is 2.30. The van der Waals surface area contributed by atoms with Gasteiger partial charge in [-0.05, 0) is 24.6 Å². The van der Waals surface area contributed by atoms with Gasteiger partial charge in [0.15, 0.2) is 9.84 Å². The van der Waals surface area contributed by atoms with Crippen LogP contribution in [0.3, 0.4) is 0 Å². The lowest BCUT2D eigenvalue weighted by molar-refractivity contribution is 0.436. The molecule has 0 bridgehead atoms. The molecular formula is C20H18N2O4S. The molecule has 1 fully saturated rings. The average Bonchev–Trinajstić information content (AvgIpc) is 3.01. The molecule has 0 amide bonds. The summed E-state index contributed by atoms with van der Waals surface area (Å²) in [5.41, 5.74) is 0.622. The van der Waals surface area contributed by atoms with E-state index in [1.54, 1.807) is 48.5 Å². The molecule has 0 saturated carbocycles. The summed E-state index contributed by atoms with van der Waals surface area (Å²) in [4.78, 5) is 17.3. The second-order valence-corrected chi connectivity index (χ2v) is 8.82. The van der Waals surface area contributed by atoms with E-state index in [0.717, 1.165) is 0 Å². The van der Waals surface area contributed by atoms with Crippen molar-refractivity contribution in [3.63, 3.8) is 0 Å². The summed E-state index contributed by atoms with van der Waals surface area (Å²) in [6.07, 6.45) is 1.96. The zero-order valence-electron chi connectivity index (χ0n) is 14.4. The lowest BCUT2D eigenvalue weighted by Gasteiger charge is -2.14. The summed E-state index contributed by atoms with van der Waals surface area (Å²) in [5, 5.41) is 11.9. The molecule has 2 heterocycles. The molecule has 1 aliphatic rings. The molecule has 1 aromatic heterocycles. The first kappa shape index (κ1) is 17.5. The Kier molecular flexibility index (Phi) is 4.31. The van der Waals surface area contributed by atoms with Crippen molar-refractivity contribution in [2.75, 3.05) is 11.5 Å². The van der Waals surface area contributed by atoms with Crippen LogP contribution in [-0.2, 0) is 9.84 Å². The van der Waals surface area contributed by atoms with Crippen LogP contribution in [0.25, 0.3) is 16.5 Å². The summed E-state index contributed by atoms with van der Waals surface area (Å²) in [5.74, 6) is -0.0688. The molecule has 0 aliphatic carbocycles. The van der Waals surface area contributed by atoms with Crippen molar-refractivity contribution >= 4 is 26.8 Å². The maximum Gasteiger partial charge on any atom is 0.265 e. The van der Waals surface area contributed by atoms with Gasteiger partial charge in [-0.25, -0.2) is 13.0 Å². The fourth-order valence-electron chi connectivity index (χ4n) is 3.38. The minimum Gasteiger partial charge on any atom is -0.494 e. The van der Waals surface area contributed by atoms with Crippen LogP contribution >= 0.6 is 0 Å². The third-order valence-corrected chi connectivity index (χ3v) is 6.49. The van der Waals surface area contributed by atoms with Gasteiger partial charge in [0, 0.05) is 17.0 Å². The molecule has 0 unspecified atom stereocenters. The third-order valence-electron chi connectivity index (χ3n) is 4.74. The summed E-state index contributed by atoms with van der Waals surface area (Å²) in [7, 11) is -3.04. The summed E-state index contributed by atoms with van der Waals surface area (Å²) in [6.45, 7) is 0. The summed E-state index contributed by atoms with van der Waals surface area (Å²) in [6, 6.07) is 15.5. The highest BCUT2D eigenvalue weighted by molar-refractivity contribution is 7.91. The van der Waals surface area contributed by atoms with E-state index in [1.807, 2.05) is 6.07 Å². The second-order valence-electron chi connectivity index (χ2n) is 6.59. The SMILES string of the molecule is O=c1c2ccccc2c(C=N[C@@H]2CCS(=O)(=O)C2)c(O)n1-c1ccccc1. The van der Waals surface area contributed by atoms with E-state index < -0.39 is 9.84 Å². The van der Waals surface area contributed by atoms with Crippen LogP contribution in [0.5, 0.6) is 5.88 Å². The normalized spacial score (nSPS) is 19.0. The maximum absolute atomic E-state index is 12.9. The summed E-state index contributed by atoms with van der Waals surface area (Å²) < 4.78 is 24.5. The van der Waals surface area contributed by atoms with Crippen molar-refractivity contribution in [1.29, 1.82) is 0 Å². The number of aliphatic imine (C=N–C) groups is 1. The molecule has 138 valence electrons. The Bertz CT molecular complexity index is 1200. The topological polar surface area (TPSA) is 88.7 Å². The minimum absolute atomic E-state index is 0.0144. The summed E-state index contributed by atoms with van der Waals surface area (Å²) >= 11 is 0. The molecular weight excluding hydrogens is 364 g/mol. The first-order chi connectivity index (χ1) is 13.0. The first-order valence-electron chi connectivity index (χ1n) is 8.62. The molecule has 7 heteroatoms. The quantitative estimate of drug-likeness (QED) is 0.704. The highest BCUT2D eigenvalue weighted by Gasteiger charge is 2.27. The Morgan fingerprint density at radius 1 is 1.04 bits per heavy atom.